The van der Waals surface area contributed by atoms with Gasteiger partial charge in [-0.05, 0) is 89.7 Å². The van der Waals surface area contributed by atoms with Gasteiger partial charge in [0.25, 0.3) is 0 Å². The molecule has 9 heteroatoms. The molecule has 0 radical (unpaired) electrons. The van der Waals surface area contributed by atoms with Crippen LogP contribution >= 0.6 is 63.7 Å². The Morgan fingerprint density at radius 3 is 2.46 bits per heavy atom. The lowest BCUT2D eigenvalue weighted by atomic mass is 10.1. The predicted octanol–water partition coefficient (Wildman–Crippen LogP) is 4.89. The fourth-order valence-electron chi connectivity index (χ4n) is 3.46. The Morgan fingerprint density at radius 2 is 1.71 bits per heavy atom. The van der Waals surface area contributed by atoms with Gasteiger partial charge in [-0.15, -0.1) is 0 Å². The molecule has 0 saturated carbocycles. The predicted molar refractivity (Wildman–Crippen MR) is 110 cm³/mol. The van der Waals surface area contributed by atoms with E-state index >= 15 is 0 Å². The number of hydrogen-bond acceptors (Lipinski definition) is 4. The van der Waals surface area contributed by atoms with Gasteiger partial charge >= 0.3 is 0 Å². The zero-order valence-corrected chi connectivity index (χ0v) is 19.1. The lowest BCUT2D eigenvalue weighted by molar-refractivity contribution is 0.159. The van der Waals surface area contributed by atoms with Crippen molar-refractivity contribution in [3.63, 3.8) is 0 Å². The van der Waals surface area contributed by atoms with Crippen LogP contribution in [0.4, 0.5) is 5.95 Å². The topological polar surface area (TPSA) is 53.2 Å². The number of fused-ring (bicyclic) bond motifs is 1. The third-order valence-electron chi connectivity index (χ3n) is 4.69. The molecule has 0 amide bonds. The summed E-state index contributed by atoms with van der Waals surface area (Å²) in [5.74, 6) is 0.774. The molecule has 2 saturated heterocycles. The summed E-state index contributed by atoms with van der Waals surface area (Å²) in [6.45, 7) is 3.85. The number of hydrogen-bond donors (Lipinski definition) is 2. The molecule has 0 bridgehead atoms. The van der Waals surface area contributed by atoms with Crippen molar-refractivity contribution >= 4 is 80.7 Å². The minimum absolute atomic E-state index is 0.257. The first-order valence-corrected chi connectivity index (χ1v) is 11.0. The number of H-pyrrole nitrogens is 1. The molecule has 2 fully saturated rings. The van der Waals surface area contributed by atoms with E-state index in [-0.39, 0.29) is 6.04 Å². The molecule has 2 N–H and O–H groups in total. The second-order valence-corrected chi connectivity index (χ2v) is 9.34. The van der Waals surface area contributed by atoms with Crippen LogP contribution < -0.4 is 5.32 Å². The van der Waals surface area contributed by atoms with Crippen molar-refractivity contribution in [2.24, 2.45) is 0 Å². The van der Waals surface area contributed by atoms with E-state index in [9.17, 15) is 0 Å². The first-order chi connectivity index (χ1) is 11.6. The molecule has 24 heavy (non-hydrogen) atoms. The van der Waals surface area contributed by atoms with Crippen LogP contribution in [-0.2, 0) is 4.74 Å². The summed E-state index contributed by atoms with van der Waals surface area (Å²) < 4.78 is 9.51. The Kier molecular flexibility index (Phi) is 5.28. The van der Waals surface area contributed by atoms with Gasteiger partial charge in [-0.1, -0.05) is 0 Å². The molecule has 5 nitrogen and oxygen atoms in total. The number of rotatable bonds is 3. The van der Waals surface area contributed by atoms with Crippen LogP contribution in [0.15, 0.2) is 17.9 Å². The summed E-state index contributed by atoms with van der Waals surface area (Å²) in [6.07, 6.45) is 2.58. The van der Waals surface area contributed by atoms with Gasteiger partial charge in [0.1, 0.15) is 5.52 Å². The highest BCUT2D eigenvalue weighted by Crippen LogP contribution is 2.43. The second-order valence-electron chi connectivity index (χ2n) is 6.16. The first kappa shape index (κ1) is 17.7. The van der Waals surface area contributed by atoms with Gasteiger partial charge in [-0.25, -0.2) is 4.98 Å². The zero-order valence-electron chi connectivity index (χ0n) is 12.7. The highest BCUT2D eigenvalue weighted by molar-refractivity contribution is 9.15. The van der Waals surface area contributed by atoms with Crippen molar-refractivity contribution in [2.45, 2.75) is 24.9 Å². The third-order valence-corrected chi connectivity index (χ3v) is 9.44. The molecule has 2 aromatic rings. The maximum atomic E-state index is 5.73. The highest BCUT2D eigenvalue weighted by Gasteiger charge is 2.35. The van der Waals surface area contributed by atoms with Crippen molar-refractivity contribution in [3.8, 4) is 0 Å². The van der Waals surface area contributed by atoms with Crippen LogP contribution in [0.2, 0.25) is 0 Å². The SMILES string of the molecule is Brc1c(Br)c(Br)c2[nH]c(N[C@H]3COC[C@@H]3N3CCCC3)nc2c1Br. The standard InChI is InChI=1S/C15H16Br4N4O/c16-9-10(17)12(19)14-13(11(9)18)21-15(22-14)20-7-5-24-6-8(7)23-3-1-2-4-23/h7-8H,1-6H2,(H2,20,21,22)/t7-,8-/m0/s1. The monoisotopic (exact) mass is 584 g/mol. The van der Waals surface area contributed by atoms with E-state index in [1.165, 1.54) is 25.9 Å². The summed E-state index contributed by atoms with van der Waals surface area (Å²) >= 11 is 14.4. The molecule has 0 spiro atoms. The molecule has 1 aromatic heterocycles. The van der Waals surface area contributed by atoms with E-state index in [1.807, 2.05) is 0 Å². The molecule has 130 valence electrons. The molecule has 2 aliphatic rings. The Hall–Kier alpha value is 0.330. The first-order valence-electron chi connectivity index (χ1n) is 7.86. The van der Waals surface area contributed by atoms with Crippen molar-refractivity contribution in [3.05, 3.63) is 17.9 Å². The van der Waals surface area contributed by atoms with Gasteiger partial charge in [0.15, 0.2) is 0 Å². The fraction of sp³-hybridized carbons (Fsp3) is 0.533. The average Bonchev–Trinajstić information content (AvgIpc) is 3.30. The van der Waals surface area contributed by atoms with E-state index in [1.54, 1.807) is 0 Å². The van der Waals surface area contributed by atoms with Gasteiger partial charge in [0.05, 0.1) is 39.8 Å². The number of benzene rings is 1. The Balaban J connectivity index is 1.63. The number of halogens is 4. The lowest BCUT2D eigenvalue weighted by Gasteiger charge is -2.27. The largest absolute Gasteiger partial charge is 0.378 e. The Morgan fingerprint density at radius 1 is 1.00 bits per heavy atom. The second kappa shape index (κ2) is 7.15. The number of likely N-dealkylation sites (tertiary alicyclic amines) is 1. The molecule has 0 unspecified atom stereocenters. The minimum Gasteiger partial charge on any atom is -0.378 e. The van der Waals surface area contributed by atoms with Crippen LogP contribution in [0.5, 0.6) is 0 Å². The summed E-state index contributed by atoms with van der Waals surface area (Å²) in [5, 5.41) is 3.55. The normalized spacial score (nSPS) is 25.0. The van der Waals surface area contributed by atoms with Gasteiger partial charge in [0, 0.05) is 8.95 Å². The molecule has 4 rings (SSSR count). The van der Waals surface area contributed by atoms with Crippen LogP contribution in [0.3, 0.4) is 0 Å². The number of nitrogens with one attached hydrogen (secondary N) is 2. The van der Waals surface area contributed by atoms with Crippen LogP contribution in [-0.4, -0.2) is 53.3 Å². The van der Waals surface area contributed by atoms with Crippen molar-refractivity contribution in [1.29, 1.82) is 0 Å². The highest BCUT2D eigenvalue weighted by atomic mass is 79.9. The number of aromatic amines is 1. The molecule has 3 heterocycles. The lowest BCUT2D eigenvalue weighted by Crippen LogP contribution is -2.45. The number of ether oxygens (including phenoxy) is 1. The molecule has 0 aliphatic carbocycles. The maximum Gasteiger partial charge on any atom is 0.201 e. The number of aromatic nitrogens is 2. The maximum absolute atomic E-state index is 5.73. The Bertz CT molecular complexity index is 730. The van der Waals surface area contributed by atoms with Crippen LogP contribution in [0, 0.1) is 0 Å². The third kappa shape index (κ3) is 3.09. The number of imidazole rings is 1. The van der Waals surface area contributed by atoms with Gasteiger partial charge in [-0.2, -0.15) is 0 Å². The number of anilines is 1. The van der Waals surface area contributed by atoms with Crippen molar-refractivity contribution in [1.82, 2.24) is 14.9 Å². The zero-order chi connectivity index (χ0) is 16.8. The summed E-state index contributed by atoms with van der Waals surface area (Å²) in [4.78, 5) is 10.7. The molecule has 2 aliphatic heterocycles. The van der Waals surface area contributed by atoms with Gasteiger partial charge < -0.3 is 15.0 Å². The average molecular weight is 588 g/mol. The van der Waals surface area contributed by atoms with Crippen molar-refractivity contribution < 1.29 is 4.74 Å². The summed E-state index contributed by atoms with van der Waals surface area (Å²) in [5.41, 5.74) is 1.84. The quantitative estimate of drug-likeness (QED) is 0.397. The van der Waals surface area contributed by atoms with E-state index < -0.39 is 0 Å². The van der Waals surface area contributed by atoms with E-state index in [0.29, 0.717) is 12.6 Å². The molecule has 2 atom stereocenters. The summed E-state index contributed by atoms with van der Waals surface area (Å²) in [6, 6.07) is 0.680. The van der Waals surface area contributed by atoms with Gasteiger partial charge in [0.2, 0.25) is 5.95 Å². The van der Waals surface area contributed by atoms with Crippen LogP contribution in [0.1, 0.15) is 12.8 Å². The van der Waals surface area contributed by atoms with Crippen molar-refractivity contribution in [2.75, 3.05) is 31.6 Å². The number of nitrogens with zero attached hydrogens (tertiary/aromatic N) is 2. The van der Waals surface area contributed by atoms with E-state index in [0.717, 1.165) is 41.5 Å². The molecule has 1 aromatic carbocycles. The summed E-state index contributed by atoms with van der Waals surface area (Å²) in [7, 11) is 0. The Labute approximate surface area is 173 Å². The van der Waals surface area contributed by atoms with Gasteiger partial charge in [-0.3, -0.25) is 4.90 Å². The smallest absolute Gasteiger partial charge is 0.201 e. The minimum atomic E-state index is 0.257. The fourth-order valence-corrected chi connectivity index (χ4v) is 5.74. The van der Waals surface area contributed by atoms with E-state index in [4.69, 9.17) is 9.72 Å². The molecular formula is C15H16Br4N4O. The van der Waals surface area contributed by atoms with E-state index in [2.05, 4.69) is 78.9 Å². The van der Waals surface area contributed by atoms with Crippen LogP contribution in [0.25, 0.3) is 11.0 Å². The molecular weight excluding hydrogens is 572 g/mol.